The fourth-order valence-corrected chi connectivity index (χ4v) is 5.26. The van der Waals surface area contributed by atoms with E-state index < -0.39 is 28.7 Å². The van der Waals surface area contributed by atoms with Crippen molar-refractivity contribution >= 4 is 43.6 Å². The average Bonchev–Trinajstić information content (AvgIpc) is 2.91. The van der Waals surface area contributed by atoms with Crippen molar-refractivity contribution in [1.82, 2.24) is 14.5 Å². The lowest BCUT2D eigenvalue weighted by molar-refractivity contribution is -0.140. The predicted octanol–water partition coefficient (Wildman–Crippen LogP) is 3.84. The molecule has 0 aliphatic rings. The number of hydrogen-bond donors (Lipinski definition) is 1. The van der Waals surface area contributed by atoms with Crippen LogP contribution in [0.1, 0.15) is 18.1 Å². The van der Waals surface area contributed by atoms with Gasteiger partial charge in [-0.05, 0) is 42.3 Å². The second-order valence-corrected chi connectivity index (χ2v) is 11.9. The monoisotopic (exact) mass is 600 g/mol. The second kappa shape index (κ2) is 13.5. The third kappa shape index (κ3) is 7.66. The summed E-state index contributed by atoms with van der Waals surface area (Å²) in [6, 6.07) is 24.5. The number of likely N-dealkylation sites (N-methyl/N-ethyl adjacent to an activating group) is 1. The van der Waals surface area contributed by atoms with Crippen LogP contribution in [0.25, 0.3) is 0 Å². The summed E-state index contributed by atoms with van der Waals surface area (Å²) in [4.78, 5) is 28.8. The van der Waals surface area contributed by atoms with Crippen LogP contribution in [0.3, 0.4) is 0 Å². The van der Waals surface area contributed by atoms with E-state index in [1.807, 2.05) is 61.5 Å². The molecule has 0 fully saturated rings. The number of amides is 2. The molecule has 1 atom stereocenters. The summed E-state index contributed by atoms with van der Waals surface area (Å²) in [6.45, 7) is 1.88. The van der Waals surface area contributed by atoms with E-state index in [9.17, 15) is 18.0 Å². The molecule has 202 valence electrons. The van der Waals surface area contributed by atoms with Crippen molar-refractivity contribution in [2.24, 2.45) is 0 Å². The van der Waals surface area contributed by atoms with Crippen molar-refractivity contribution in [2.75, 3.05) is 31.5 Å². The van der Waals surface area contributed by atoms with Gasteiger partial charge < -0.3 is 10.2 Å². The lowest BCUT2D eigenvalue weighted by Gasteiger charge is -2.34. The molecule has 0 bridgehead atoms. The van der Waals surface area contributed by atoms with Gasteiger partial charge in [-0.1, -0.05) is 76.6 Å². The molecular weight excluding hydrogens is 568 g/mol. The molecule has 8 nitrogen and oxygen atoms in total. The van der Waals surface area contributed by atoms with E-state index in [0.29, 0.717) is 12.2 Å². The molecule has 0 aliphatic carbocycles. The molecule has 0 saturated heterocycles. The first-order valence-electron chi connectivity index (χ1n) is 12.2. The van der Waals surface area contributed by atoms with Crippen LogP contribution in [0.5, 0.6) is 0 Å². The van der Waals surface area contributed by atoms with E-state index in [2.05, 4.69) is 21.2 Å². The predicted molar refractivity (Wildman–Crippen MR) is 154 cm³/mol. The van der Waals surface area contributed by atoms with E-state index in [4.69, 9.17) is 0 Å². The Morgan fingerprint density at radius 2 is 1.45 bits per heavy atom. The Hall–Kier alpha value is -3.21. The summed E-state index contributed by atoms with van der Waals surface area (Å²) in [5.74, 6) is -0.794. The Labute approximate surface area is 233 Å². The summed E-state index contributed by atoms with van der Waals surface area (Å²) in [5.41, 5.74) is 2.06. The van der Waals surface area contributed by atoms with Gasteiger partial charge >= 0.3 is 10.2 Å². The number of hydrogen-bond acceptors (Lipinski definition) is 4. The molecule has 3 aromatic rings. The molecule has 3 aromatic carbocycles. The summed E-state index contributed by atoms with van der Waals surface area (Å²) < 4.78 is 29.6. The Kier molecular flexibility index (Phi) is 10.5. The molecular formula is C28H33BrN4O4S. The van der Waals surface area contributed by atoms with Crippen molar-refractivity contribution in [3.05, 3.63) is 101 Å². The van der Waals surface area contributed by atoms with Gasteiger partial charge in [0.15, 0.2) is 0 Å². The maximum atomic E-state index is 14.0. The van der Waals surface area contributed by atoms with E-state index in [1.165, 1.54) is 19.0 Å². The molecule has 0 radical (unpaired) electrons. The van der Waals surface area contributed by atoms with Gasteiger partial charge in [0.25, 0.3) is 0 Å². The van der Waals surface area contributed by atoms with Crippen molar-refractivity contribution in [2.45, 2.75) is 25.9 Å². The van der Waals surface area contributed by atoms with Crippen LogP contribution in [-0.4, -0.2) is 62.7 Å². The fourth-order valence-electron chi connectivity index (χ4n) is 3.94. The molecule has 38 heavy (non-hydrogen) atoms. The zero-order valence-corrected chi connectivity index (χ0v) is 24.2. The molecule has 0 spiro atoms. The first kappa shape index (κ1) is 29.3. The van der Waals surface area contributed by atoms with Gasteiger partial charge in [0.2, 0.25) is 11.8 Å². The zero-order chi connectivity index (χ0) is 27.7. The normalized spacial score (nSPS) is 12.1. The molecule has 0 heterocycles. The van der Waals surface area contributed by atoms with Crippen molar-refractivity contribution in [3.8, 4) is 0 Å². The van der Waals surface area contributed by atoms with Crippen LogP contribution in [0, 0.1) is 0 Å². The number of benzene rings is 3. The number of para-hydroxylation sites is 1. The molecule has 0 unspecified atom stereocenters. The number of rotatable bonds is 12. The Bertz CT molecular complexity index is 1300. The lowest BCUT2D eigenvalue weighted by atomic mass is 10.0. The number of carbonyl (C=O) groups excluding carboxylic acids is 2. The SMILES string of the molecule is CCNC(=O)[C@H](Cc1ccccc1)N(Cc1ccc(Br)cc1)C(=O)CN(c1ccccc1)S(=O)(=O)N(C)C. The molecule has 0 aromatic heterocycles. The van der Waals surface area contributed by atoms with Gasteiger partial charge in [-0.25, -0.2) is 4.31 Å². The maximum absolute atomic E-state index is 14.0. The molecule has 3 rings (SSSR count). The largest absolute Gasteiger partial charge is 0.355 e. The average molecular weight is 602 g/mol. The standard InChI is InChI=1S/C28H33BrN4O4S/c1-4-30-28(35)26(19-22-11-7-5-8-12-22)32(20-23-15-17-24(29)18-16-23)27(34)21-33(38(36,37)31(2)3)25-13-9-6-10-14-25/h5-18,26H,4,19-21H2,1-3H3,(H,30,35)/t26-/m0/s1. The van der Waals surface area contributed by atoms with E-state index in [1.54, 1.807) is 30.3 Å². The van der Waals surface area contributed by atoms with Crippen LogP contribution in [0.15, 0.2) is 89.4 Å². The van der Waals surface area contributed by atoms with E-state index in [-0.39, 0.29) is 18.9 Å². The third-order valence-electron chi connectivity index (χ3n) is 5.95. The quantitative estimate of drug-likeness (QED) is 0.342. The summed E-state index contributed by atoms with van der Waals surface area (Å²) in [6.07, 6.45) is 0.278. The van der Waals surface area contributed by atoms with Gasteiger partial charge in [0, 0.05) is 38.1 Å². The molecule has 0 saturated carbocycles. The van der Waals surface area contributed by atoms with Gasteiger partial charge in [-0.3, -0.25) is 9.59 Å². The third-order valence-corrected chi connectivity index (χ3v) is 8.30. The second-order valence-electron chi connectivity index (χ2n) is 8.88. The fraction of sp³-hybridized carbons (Fsp3) is 0.286. The highest BCUT2D eigenvalue weighted by atomic mass is 79.9. The van der Waals surface area contributed by atoms with E-state index >= 15 is 0 Å². The van der Waals surface area contributed by atoms with E-state index in [0.717, 1.165) is 24.2 Å². The molecule has 2 amide bonds. The highest BCUT2D eigenvalue weighted by molar-refractivity contribution is 9.10. The Morgan fingerprint density at radius 3 is 2.00 bits per heavy atom. The topological polar surface area (TPSA) is 90.0 Å². The Morgan fingerprint density at radius 1 is 0.868 bits per heavy atom. The Balaban J connectivity index is 2.05. The van der Waals surface area contributed by atoms with Crippen LogP contribution < -0.4 is 9.62 Å². The molecule has 10 heteroatoms. The minimum atomic E-state index is -4.00. The maximum Gasteiger partial charge on any atom is 0.304 e. The van der Waals surface area contributed by atoms with Crippen LogP contribution >= 0.6 is 15.9 Å². The van der Waals surface area contributed by atoms with Crippen LogP contribution in [-0.2, 0) is 32.8 Å². The van der Waals surface area contributed by atoms with Crippen LogP contribution in [0.4, 0.5) is 5.69 Å². The number of nitrogens with zero attached hydrogens (tertiary/aromatic N) is 3. The highest BCUT2D eigenvalue weighted by Crippen LogP contribution is 2.22. The zero-order valence-electron chi connectivity index (χ0n) is 21.7. The van der Waals surface area contributed by atoms with Crippen LogP contribution in [0.2, 0.25) is 0 Å². The van der Waals surface area contributed by atoms with Gasteiger partial charge in [-0.15, -0.1) is 0 Å². The van der Waals surface area contributed by atoms with Crippen molar-refractivity contribution in [1.29, 1.82) is 0 Å². The van der Waals surface area contributed by atoms with Gasteiger partial charge in [0.05, 0.1) is 5.69 Å². The van der Waals surface area contributed by atoms with Crippen molar-refractivity contribution in [3.63, 3.8) is 0 Å². The summed E-state index contributed by atoms with van der Waals surface area (Å²) in [5, 5.41) is 2.85. The summed E-state index contributed by atoms with van der Waals surface area (Å²) >= 11 is 3.43. The first-order valence-corrected chi connectivity index (χ1v) is 14.4. The minimum Gasteiger partial charge on any atom is -0.355 e. The van der Waals surface area contributed by atoms with Gasteiger partial charge in [-0.2, -0.15) is 12.7 Å². The first-order chi connectivity index (χ1) is 18.1. The molecule has 0 aliphatic heterocycles. The highest BCUT2D eigenvalue weighted by Gasteiger charge is 2.34. The number of carbonyl (C=O) groups is 2. The number of anilines is 1. The summed E-state index contributed by atoms with van der Waals surface area (Å²) in [7, 11) is -1.16. The lowest BCUT2D eigenvalue weighted by Crippen LogP contribution is -2.54. The van der Waals surface area contributed by atoms with Gasteiger partial charge in [0.1, 0.15) is 12.6 Å². The number of nitrogens with one attached hydrogen (secondary N) is 1. The van der Waals surface area contributed by atoms with Crippen molar-refractivity contribution < 1.29 is 18.0 Å². The molecule has 1 N–H and O–H groups in total. The minimum absolute atomic E-state index is 0.130. The smallest absolute Gasteiger partial charge is 0.304 e. The number of halogens is 1.